The lowest BCUT2D eigenvalue weighted by Gasteiger charge is -2.17. The van der Waals surface area contributed by atoms with Crippen molar-refractivity contribution in [3.8, 4) is 0 Å². The van der Waals surface area contributed by atoms with E-state index in [2.05, 4.69) is 5.16 Å². The van der Waals surface area contributed by atoms with Gasteiger partial charge in [0.05, 0.1) is 5.71 Å². The maximum atomic E-state index is 12.4. The van der Waals surface area contributed by atoms with Crippen LogP contribution >= 0.6 is 7.60 Å². The molecule has 2 aromatic carbocycles. The van der Waals surface area contributed by atoms with Crippen molar-refractivity contribution < 1.29 is 18.5 Å². The Morgan fingerprint density at radius 3 is 2.62 bits per heavy atom. The van der Waals surface area contributed by atoms with Crippen LogP contribution in [0.1, 0.15) is 12.0 Å². The molecule has 0 spiro atoms. The van der Waals surface area contributed by atoms with Crippen LogP contribution < -0.4 is 0 Å². The van der Waals surface area contributed by atoms with Crippen molar-refractivity contribution in [2.45, 2.75) is 12.3 Å². The van der Waals surface area contributed by atoms with Gasteiger partial charge in [0.2, 0.25) is 5.85 Å². The summed E-state index contributed by atoms with van der Waals surface area (Å²) in [5.74, 6) is -0.693. The predicted octanol–water partition coefficient (Wildman–Crippen LogP) is 3.78. The van der Waals surface area contributed by atoms with E-state index in [-0.39, 0.29) is 0 Å². The predicted molar refractivity (Wildman–Crippen MR) is 81.6 cm³/mol. The minimum absolute atomic E-state index is 0.396. The molecule has 0 radical (unpaired) electrons. The van der Waals surface area contributed by atoms with Gasteiger partial charge in [-0.15, -0.1) is 0 Å². The Labute approximate surface area is 123 Å². The van der Waals surface area contributed by atoms with Gasteiger partial charge < -0.3 is 13.9 Å². The Morgan fingerprint density at radius 1 is 1.14 bits per heavy atom. The average molecular weight is 305 g/mol. The minimum Gasteiger partial charge on any atom is -0.379 e. The van der Waals surface area contributed by atoms with Crippen molar-refractivity contribution in [3.05, 3.63) is 48.0 Å². The van der Waals surface area contributed by atoms with Gasteiger partial charge in [-0.1, -0.05) is 47.6 Å². The van der Waals surface area contributed by atoms with E-state index in [0.717, 1.165) is 22.0 Å². The molecule has 1 aliphatic rings. The molecule has 1 aliphatic heterocycles. The molecule has 21 heavy (non-hydrogen) atoms. The van der Waals surface area contributed by atoms with Crippen LogP contribution in [0.3, 0.4) is 0 Å². The van der Waals surface area contributed by atoms with E-state index in [0.29, 0.717) is 6.42 Å². The summed E-state index contributed by atoms with van der Waals surface area (Å²) in [5.41, 5.74) is 1.74. The molecule has 0 saturated heterocycles. The average Bonchev–Trinajstić information content (AvgIpc) is 3.04. The third-order valence-electron chi connectivity index (χ3n) is 3.61. The van der Waals surface area contributed by atoms with Crippen molar-refractivity contribution in [2.75, 3.05) is 14.2 Å². The van der Waals surface area contributed by atoms with Crippen LogP contribution in [0.2, 0.25) is 0 Å². The zero-order valence-corrected chi connectivity index (χ0v) is 12.7. The first-order valence-electron chi connectivity index (χ1n) is 6.60. The lowest BCUT2D eigenvalue weighted by molar-refractivity contribution is 0.106. The summed E-state index contributed by atoms with van der Waals surface area (Å²) >= 11 is 0. The van der Waals surface area contributed by atoms with E-state index in [1.807, 2.05) is 42.5 Å². The zero-order chi connectivity index (χ0) is 14.9. The van der Waals surface area contributed by atoms with Crippen LogP contribution in [0.5, 0.6) is 0 Å². The minimum atomic E-state index is -3.28. The molecule has 0 N–H and O–H groups in total. The van der Waals surface area contributed by atoms with Crippen molar-refractivity contribution in [1.82, 2.24) is 0 Å². The van der Waals surface area contributed by atoms with Crippen LogP contribution in [0.4, 0.5) is 0 Å². The highest BCUT2D eigenvalue weighted by Gasteiger charge is 2.41. The summed E-state index contributed by atoms with van der Waals surface area (Å²) in [6.45, 7) is 0. The van der Waals surface area contributed by atoms with E-state index in [4.69, 9.17) is 13.9 Å². The molecule has 0 saturated carbocycles. The molecular weight excluding hydrogens is 289 g/mol. The highest BCUT2D eigenvalue weighted by atomic mass is 31.2. The Kier molecular flexibility index (Phi) is 3.81. The molecule has 0 aromatic heterocycles. The Morgan fingerprint density at radius 2 is 1.86 bits per heavy atom. The Hall–Kier alpha value is -1.68. The van der Waals surface area contributed by atoms with Gasteiger partial charge in [0.1, 0.15) is 0 Å². The van der Waals surface area contributed by atoms with Crippen molar-refractivity contribution in [2.24, 2.45) is 5.16 Å². The molecule has 3 rings (SSSR count). The largest absolute Gasteiger partial charge is 0.379 e. The first kappa shape index (κ1) is 14.3. The zero-order valence-electron chi connectivity index (χ0n) is 11.9. The molecule has 2 aromatic rings. The van der Waals surface area contributed by atoms with Gasteiger partial charge >= 0.3 is 7.60 Å². The van der Waals surface area contributed by atoms with Crippen LogP contribution in [0.25, 0.3) is 10.8 Å². The van der Waals surface area contributed by atoms with Gasteiger partial charge in [0.15, 0.2) is 0 Å². The van der Waals surface area contributed by atoms with E-state index in [9.17, 15) is 4.57 Å². The van der Waals surface area contributed by atoms with Crippen LogP contribution in [0.15, 0.2) is 47.6 Å². The normalized spacial score (nSPS) is 18.6. The van der Waals surface area contributed by atoms with E-state index in [1.54, 1.807) is 0 Å². The lowest BCUT2D eigenvalue weighted by atomic mass is 10.00. The van der Waals surface area contributed by atoms with E-state index in [1.165, 1.54) is 14.2 Å². The van der Waals surface area contributed by atoms with Crippen LogP contribution in [0, 0.1) is 0 Å². The molecule has 0 fully saturated rings. The molecule has 0 bridgehead atoms. The topological polar surface area (TPSA) is 57.1 Å². The third kappa shape index (κ3) is 2.48. The number of oxime groups is 1. The standard InChI is InChI=1S/C15H16NO4P/c1-18-21(17,19-2)15-10-14(16-20-15)13-9-5-7-11-6-3-4-8-12(11)13/h3-9,15H,10H2,1-2H3. The fourth-order valence-corrected chi connectivity index (χ4v) is 3.66. The number of hydrogen-bond donors (Lipinski definition) is 0. The number of rotatable bonds is 4. The lowest BCUT2D eigenvalue weighted by Crippen LogP contribution is -2.12. The van der Waals surface area contributed by atoms with Gasteiger partial charge in [-0.3, -0.25) is 4.57 Å². The van der Waals surface area contributed by atoms with Gasteiger partial charge in [0.25, 0.3) is 0 Å². The van der Waals surface area contributed by atoms with Gasteiger partial charge in [0, 0.05) is 26.2 Å². The highest BCUT2D eigenvalue weighted by Crippen LogP contribution is 2.55. The van der Waals surface area contributed by atoms with Crippen molar-refractivity contribution >= 4 is 24.1 Å². The number of fused-ring (bicyclic) bond motifs is 1. The molecule has 1 heterocycles. The molecule has 110 valence electrons. The molecule has 1 unspecified atom stereocenters. The van der Waals surface area contributed by atoms with Crippen LogP contribution in [-0.4, -0.2) is 25.8 Å². The highest BCUT2D eigenvalue weighted by molar-refractivity contribution is 7.54. The van der Waals surface area contributed by atoms with Gasteiger partial charge in [-0.2, -0.15) is 0 Å². The molecule has 0 amide bonds. The van der Waals surface area contributed by atoms with Gasteiger partial charge in [-0.25, -0.2) is 0 Å². The number of benzene rings is 2. The summed E-state index contributed by atoms with van der Waals surface area (Å²) in [4.78, 5) is 5.29. The molecule has 0 aliphatic carbocycles. The molecule has 5 nitrogen and oxygen atoms in total. The van der Waals surface area contributed by atoms with Crippen molar-refractivity contribution in [3.63, 3.8) is 0 Å². The molecule has 6 heteroatoms. The summed E-state index contributed by atoms with van der Waals surface area (Å²) in [6.07, 6.45) is 0.396. The number of nitrogens with zero attached hydrogens (tertiary/aromatic N) is 1. The summed E-state index contributed by atoms with van der Waals surface area (Å²) in [6, 6.07) is 14.1. The fourth-order valence-electron chi connectivity index (χ4n) is 2.48. The quantitative estimate of drug-likeness (QED) is 0.807. The monoisotopic (exact) mass is 305 g/mol. The summed E-state index contributed by atoms with van der Waals surface area (Å²) in [5, 5.41) is 6.30. The second-order valence-electron chi connectivity index (χ2n) is 4.73. The first-order chi connectivity index (χ1) is 10.2. The SMILES string of the molecule is COP(=O)(OC)C1CC(c2cccc3ccccc23)=NO1. The molecule has 1 atom stereocenters. The summed E-state index contributed by atoms with van der Waals surface area (Å²) in [7, 11) is -0.582. The summed E-state index contributed by atoms with van der Waals surface area (Å²) < 4.78 is 22.3. The Bertz CT molecular complexity index is 730. The van der Waals surface area contributed by atoms with Crippen LogP contribution in [-0.2, 0) is 18.5 Å². The third-order valence-corrected chi connectivity index (χ3v) is 5.61. The van der Waals surface area contributed by atoms with E-state index < -0.39 is 13.4 Å². The smallest absolute Gasteiger partial charge is 0.373 e. The maximum absolute atomic E-state index is 12.4. The Balaban J connectivity index is 1.94. The fraction of sp³-hybridized carbons (Fsp3) is 0.267. The van der Waals surface area contributed by atoms with Gasteiger partial charge in [-0.05, 0) is 10.8 Å². The first-order valence-corrected chi connectivity index (χ1v) is 8.21. The van der Waals surface area contributed by atoms with E-state index >= 15 is 0 Å². The second-order valence-corrected chi connectivity index (χ2v) is 7.12. The number of hydrogen-bond acceptors (Lipinski definition) is 5. The van der Waals surface area contributed by atoms with Crippen molar-refractivity contribution in [1.29, 1.82) is 0 Å². The maximum Gasteiger partial charge on any atom is 0.373 e. The second kappa shape index (κ2) is 5.60. The molecular formula is C15H16NO4P.